The fraction of sp³-hybridized carbons (Fsp3) is 0.421. The van der Waals surface area contributed by atoms with E-state index < -0.39 is 11.7 Å². The Balaban J connectivity index is 1.64. The molecule has 0 amide bonds. The number of rotatable bonds is 5. The maximum Gasteiger partial charge on any atom is 0.416 e. The molecular formula is C19H20F3N5OS. The maximum atomic E-state index is 13.2. The highest BCUT2D eigenvalue weighted by atomic mass is 32.1. The number of aryl methyl sites for hydroxylation is 1. The van der Waals surface area contributed by atoms with Crippen LogP contribution in [0.15, 0.2) is 29.1 Å². The molecule has 0 unspecified atom stereocenters. The molecule has 0 bridgehead atoms. The van der Waals surface area contributed by atoms with Crippen molar-refractivity contribution < 1.29 is 13.2 Å². The first-order valence-corrected chi connectivity index (χ1v) is 10.3. The Bertz CT molecular complexity index is 1090. The minimum absolute atomic E-state index is 0.146. The van der Waals surface area contributed by atoms with Crippen LogP contribution in [0.1, 0.15) is 36.0 Å². The van der Waals surface area contributed by atoms with Crippen LogP contribution in [0, 0.1) is 0 Å². The van der Waals surface area contributed by atoms with Crippen LogP contribution in [-0.4, -0.2) is 27.7 Å². The molecule has 1 aliphatic rings. The molecule has 0 aliphatic carbocycles. The van der Waals surface area contributed by atoms with Crippen LogP contribution < -0.4 is 15.8 Å². The molecule has 3 heterocycles. The number of alkyl halides is 3. The van der Waals surface area contributed by atoms with Gasteiger partial charge in [-0.25, -0.2) is 4.98 Å². The third-order valence-corrected chi connectivity index (χ3v) is 5.93. The van der Waals surface area contributed by atoms with E-state index in [1.165, 1.54) is 28.0 Å². The van der Waals surface area contributed by atoms with Gasteiger partial charge < -0.3 is 10.2 Å². The highest BCUT2D eigenvalue weighted by Gasteiger charge is 2.31. The molecule has 1 aliphatic heterocycles. The van der Waals surface area contributed by atoms with Gasteiger partial charge in [0.05, 0.1) is 29.2 Å². The van der Waals surface area contributed by atoms with E-state index in [4.69, 9.17) is 0 Å². The molecule has 6 nitrogen and oxygen atoms in total. The topological polar surface area (TPSA) is 62.5 Å². The average molecular weight is 423 g/mol. The molecule has 1 fully saturated rings. The van der Waals surface area contributed by atoms with Gasteiger partial charge in [-0.2, -0.15) is 22.8 Å². The summed E-state index contributed by atoms with van der Waals surface area (Å²) < 4.78 is 40.9. The zero-order valence-corrected chi connectivity index (χ0v) is 16.6. The van der Waals surface area contributed by atoms with Crippen LogP contribution in [0.2, 0.25) is 0 Å². The van der Waals surface area contributed by atoms with Gasteiger partial charge in [0, 0.05) is 19.2 Å². The van der Waals surface area contributed by atoms with Crippen LogP contribution >= 0.6 is 11.3 Å². The van der Waals surface area contributed by atoms with Crippen LogP contribution in [0.5, 0.6) is 0 Å². The number of nitrogens with one attached hydrogen (secondary N) is 1. The number of hydrogen-bond acceptors (Lipinski definition) is 6. The SMILES string of the molecule is CCc1nn2c(=O)cc(CNc3cc(C(F)(F)F)ccc3N3CCCC3)nc2s1. The van der Waals surface area contributed by atoms with Gasteiger partial charge >= 0.3 is 6.18 Å². The van der Waals surface area contributed by atoms with Gasteiger partial charge in [-0.3, -0.25) is 4.79 Å². The second-order valence-corrected chi connectivity index (χ2v) is 7.95. The minimum atomic E-state index is -4.42. The first-order chi connectivity index (χ1) is 13.8. The lowest BCUT2D eigenvalue weighted by Gasteiger charge is -2.23. The molecule has 10 heteroatoms. The molecule has 1 aromatic carbocycles. The standard InChI is InChI=1S/C19H20F3N5OS/c1-2-16-25-27-17(28)10-13(24-18(27)29-16)11-23-14-9-12(19(20,21)22)5-6-15(14)26-7-3-4-8-26/h5-6,9-10,23H,2-4,7-8,11H2,1H3. The molecule has 0 spiro atoms. The predicted octanol–water partition coefficient (Wildman–Crippen LogP) is 3.94. The molecule has 0 saturated carbocycles. The van der Waals surface area contributed by atoms with Gasteiger partial charge in [0.1, 0.15) is 5.01 Å². The molecule has 0 atom stereocenters. The summed E-state index contributed by atoms with van der Waals surface area (Å²) >= 11 is 1.33. The van der Waals surface area contributed by atoms with Gasteiger partial charge in [-0.05, 0) is 37.5 Å². The lowest BCUT2D eigenvalue weighted by molar-refractivity contribution is -0.137. The molecule has 0 radical (unpaired) electrons. The molecular weight excluding hydrogens is 403 g/mol. The van der Waals surface area contributed by atoms with Crippen molar-refractivity contribution in [3.8, 4) is 0 Å². The van der Waals surface area contributed by atoms with Crippen molar-refractivity contribution in [2.45, 2.75) is 38.9 Å². The van der Waals surface area contributed by atoms with Crippen LogP contribution in [-0.2, 0) is 19.1 Å². The maximum absolute atomic E-state index is 13.2. The Morgan fingerprint density at radius 3 is 2.66 bits per heavy atom. The Morgan fingerprint density at radius 1 is 1.21 bits per heavy atom. The van der Waals surface area contributed by atoms with Crippen LogP contribution in [0.3, 0.4) is 0 Å². The quantitative estimate of drug-likeness (QED) is 0.674. The third-order valence-electron chi connectivity index (χ3n) is 4.87. The van der Waals surface area contributed by atoms with E-state index in [0.29, 0.717) is 22.8 Å². The lowest BCUT2D eigenvalue weighted by Crippen LogP contribution is -2.21. The number of fused-ring (bicyclic) bond motifs is 1. The van der Waals surface area contributed by atoms with Crippen molar-refractivity contribution in [2.24, 2.45) is 0 Å². The van der Waals surface area contributed by atoms with Gasteiger partial charge in [0.25, 0.3) is 5.56 Å². The smallest absolute Gasteiger partial charge is 0.378 e. The highest BCUT2D eigenvalue weighted by Crippen LogP contribution is 2.36. The molecule has 29 heavy (non-hydrogen) atoms. The highest BCUT2D eigenvalue weighted by molar-refractivity contribution is 7.16. The molecule has 2 aromatic heterocycles. The first-order valence-electron chi connectivity index (χ1n) is 9.44. The van der Waals surface area contributed by atoms with Crippen molar-refractivity contribution in [3.63, 3.8) is 0 Å². The van der Waals surface area contributed by atoms with Gasteiger partial charge in [0.15, 0.2) is 0 Å². The zero-order valence-electron chi connectivity index (χ0n) is 15.8. The van der Waals surface area contributed by atoms with Gasteiger partial charge in [0.2, 0.25) is 4.96 Å². The van der Waals surface area contributed by atoms with E-state index in [-0.39, 0.29) is 12.1 Å². The van der Waals surface area contributed by atoms with Gasteiger partial charge in [-0.1, -0.05) is 18.3 Å². The summed E-state index contributed by atoms with van der Waals surface area (Å²) in [4.78, 5) is 19.3. The predicted molar refractivity (Wildman–Crippen MR) is 107 cm³/mol. The van der Waals surface area contributed by atoms with E-state index in [0.717, 1.165) is 48.8 Å². The van der Waals surface area contributed by atoms with Crippen molar-refractivity contribution in [1.82, 2.24) is 14.6 Å². The number of benzene rings is 1. The summed E-state index contributed by atoms with van der Waals surface area (Å²) in [5.41, 5.74) is 0.584. The fourth-order valence-electron chi connectivity index (χ4n) is 3.40. The summed E-state index contributed by atoms with van der Waals surface area (Å²) in [6.07, 6.45) is -1.69. The Kier molecular flexibility index (Phi) is 5.20. The largest absolute Gasteiger partial charge is 0.416 e. The second kappa shape index (κ2) is 7.66. The normalized spacial score (nSPS) is 14.7. The van der Waals surface area contributed by atoms with Gasteiger partial charge in [-0.15, -0.1) is 0 Å². The monoisotopic (exact) mass is 423 g/mol. The molecule has 1 saturated heterocycles. The van der Waals surface area contributed by atoms with Crippen molar-refractivity contribution >= 4 is 27.7 Å². The number of halogens is 3. The van der Waals surface area contributed by atoms with Crippen LogP contribution in [0.4, 0.5) is 24.5 Å². The average Bonchev–Trinajstić information content (AvgIpc) is 3.35. The summed E-state index contributed by atoms with van der Waals surface area (Å²) in [5, 5.41) is 8.07. The van der Waals surface area contributed by atoms with Crippen molar-refractivity contribution in [1.29, 1.82) is 0 Å². The number of nitrogens with zero attached hydrogens (tertiary/aromatic N) is 4. The Morgan fingerprint density at radius 2 is 1.97 bits per heavy atom. The van der Waals surface area contributed by atoms with E-state index >= 15 is 0 Å². The zero-order chi connectivity index (χ0) is 20.6. The van der Waals surface area contributed by atoms with E-state index in [9.17, 15) is 18.0 Å². The van der Waals surface area contributed by atoms with E-state index in [1.807, 2.05) is 6.92 Å². The first kappa shape index (κ1) is 19.7. The fourth-order valence-corrected chi connectivity index (χ4v) is 4.26. The number of anilines is 2. The molecule has 154 valence electrons. The van der Waals surface area contributed by atoms with E-state index in [1.54, 1.807) is 0 Å². The Hall–Kier alpha value is -2.62. The number of hydrogen-bond donors (Lipinski definition) is 1. The third kappa shape index (κ3) is 4.07. The lowest BCUT2D eigenvalue weighted by atomic mass is 10.1. The second-order valence-electron chi connectivity index (χ2n) is 6.91. The van der Waals surface area contributed by atoms with Crippen molar-refractivity contribution in [3.05, 3.63) is 50.9 Å². The summed E-state index contributed by atoms with van der Waals surface area (Å²) in [6, 6.07) is 5.11. The van der Waals surface area contributed by atoms with Crippen molar-refractivity contribution in [2.75, 3.05) is 23.3 Å². The number of aromatic nitrogens is 3. The molecule has 4 rings (SSSR count). The summed E-state index contributed by atoms with van der Waals surface area (Å²) in [6.45, 7) is 3.71. The molecule has 3 aromatic rings. The van der Waals surface area contributed by atoms with E-state index in [2.05, 4.69) is 20.3 Å². The summed E-state index contributed by atoms with van der Waals surface area (Å²) in [5.74, 6) is 0. The van der Waals surface area contributed by atoms with Crippen LogP contribution in [0.25, 0.3) is 4.96 Å². The minimum Gasteiger partial charge on any atom is -0.378 e. The Labute approximate surface area is 169 Å². The summed E-state index contributed by atoms with van der Waals surface area (Å²) in [7, 11) is 0. The molecule has 1 N–H and O–H groups in total.